The largest absolute Gasteiger partial charge is 0.489 e. The van der Waals surface area contributed by atoms with Crippen LogP contribution in [0, 0.1) is 12.3 Å². The Bertz CT molecular complexity index is 489. The molecule has 1 aliphatic rings. The first-order chi connectivity index (χ1) is 9.18. The number of aryl methyl sites for hydroxylation is 1. The average Bonchev–Trinajstić information content (AvgIpc) is 2.36. The van der Waals surface area contributed by atoms with Gasteiger partial charge in [-0.25, -0.2) is 0 Å². The molecule has 2 nitrogen and oxygen atoms in total. The first kappa shape index (κ1) is 15.4. The van der Waals surface area contributed by atoms with Crippen LogP contribution in [0.3, 0.4) is 0 Å². The second-order valence-corrected chi connectivity index (χ2v) is 7.56. The zero-order valence-corrected chi connectivity index (χ0v) is 13.8. The van der Waals surface area contributed by atoms with Crippen LogP contribution in [0.1, 0.15) is 58.6 Å². The van der Waals surface area contributed by atoms with Gasteiger partial charge in [0.1, 0.15) is 11.9 Å². The van der Waals surface area contributed by atoms with E-state index in [9.17, 15) is 0 Å². The summed E-state index contributed by atoms with van der Waals surface area (Å²) in [6, 6.07) is 6.80. The summed E-state index contributed by atoms with van der Waals surface area (Å²) in [6.45, 7) is 13.3. The quantitative estimate of drug-likeness (QED) is 0.898. The maximum atomic E-state index is 6.39. The predicted octanol–water partition coefficient (Wildman–Crippen LogP) is 4.19. The van der Waals surface area contributed by atoms with E-state index in [1.165, 1.54) is 11.1 Å². The molecule has 1 aromatic rings. The normalized spacial score (nSPS) is 29.9. The van der Waals surface area contributed by atoms with Gasteiger partial charge in [0.2, 0.25) is 0 Å². The molecule has 0 bridgehead atoms. The Balaban J connectivity index is 2.28. The summed E-state index contributed by atoms with van der Waals surface area (Å²) < 4.78 is 6.39. The lowest BCUT2D eigenvalue weighted by molar-refractivity contribution is -0.0568. The van der Waals surface area contributed by atoms with Crippen LogP contribution in [-0.2, 0) is 5.41 Å². The van der Waals surface area contributed by atoms with Crippen molar-refractivity contribution in [1.82, 2.24) is 0 Å². The number of hydrogen-bond donors (Lipinski definition) is 1. The van der Waals surface area contributed by atoms with E-state index in [1.807, 2.05) is 0 Å². The van der Waals surface area contributed by atoms with Crippen molar-refractivity contribution in [3.05, 3.63) is 29.3 Å². The lowest BCUT2D eigenvalue weighted by atomic mass is 9.62. The zero-order valence-electron chi connectivity index (χ0n) is 13.8. The van der Waals surface area contributed by atoms with Gasteiger partial charge in [0.25, 0.3) is 0 Å². The molecule has 3 atom stereocenters. The Morgan fingerprint density at radius 2 is 2.00 bits per heavy atom. The van der Waals surface area contributed by atoms with Crippen LogP contribution in [0.2, 0.25) is 0 Å². The minimum atomic E-state index is 0.0948. The number of hydrogen-bond acceptors (Lipinski definition) is 2. The van der Waals surface area contributed by atoms with Gasteiger partial charge in [-0.05, 0) is 36.0 Å². The molecular formula is C18H29NO. The number of benzene rings is 1. The Labute approximate surface area is 123 Å². The van der Waals surface area contributed by atoms with E-state index >= 15 is 0 Å². The van der Waals surface area contributed by atoms with Crippen molar-refractivity contribution in [2.45, 2.75) is 71.9 Å². The van der Waals surface area contributed by atoms with Crippen molar-refractivity contribution >= 4 is 0 Å². The molecule has 1 aromatic carbocycles. The molecular weight excluding hydrogens is 246 g/mol. The fourth-order valence-electron chi connectivity index (χ4n) is 3.02. The van der Waals surface area contributed by atoms with Crippen LogP contribution in [0.5, 0.6) is 5.75 Å². The van der Waals surface area contributed by atoms with Gasteiger partial charge in [-0.3, -0.25) is 0 Å². The fourth-order valence-corrected chi connectivity index (χ4v) is 3.02. The van der Waals surface area contributed by atoms with E-state index in [4.69, 9.17) is 10.5 Å². The summed E-state index contributed by atoms with van der Waals surface area (Å²) in [5.74, 6) is 1.04. The van der Waals surface area contributed by atoms with E-state index in [-0.39, 0.29) is 23.0 Å². The van der Waals surface area contributed by atoms with Gasteiger partial charge in [0.15, 0.2) is 0 Å². The topological polar surface area (TPSA) is 35.2 Å². The molecule has 1 saturated carbocycles. The monoisotopic (exact) mass is 275 g/mol. The Kier molecular flexibility index (Phi) is 3.90. The third kappa shape index (κ3) is 2.58. The molecule has 0 radical (unpaired) electrons. The van der Waals surface area contributed by atoms with E-state index in [1.54, 1.807) is 0 Å². The second-order valence-electron chi connectivity index (χ2n) is 7.56. The minimum Gasteiger partial charge on any atom is -0.489 e. The van der Waals surface area contributed by atoms with Crippen molar-refractivity contribution in [2.24, 2.45) is 11.1 Å². The highest BCUT2D eigenvalue weighted by Gasteiger charge is 2.50. The van der Waals surface area contributed by atoms with Crippen LogP contribution in [0.25, 0.3) is 0 Å². The molecule has 0 spiro atoms. The smallest absolute Gasteiger partial charge is 0.123 e. The number of rotatable bonds is 3. The molecule has 0 amide bonds. The number of ether oxygens (including phenoxy) is 1. The molecule has 20 heavy (non-hydrogen) atoms. The van der Waals surface area contributed by atoms with Crippen molar-refractivity contribution in [3.8, 4) is 5.75 Å². The predicted molar refractivity (Wildman–Crippen MR) is 85.3 cm³/mol. The first-order valence-corrected chi connectivity index (χ1v) is 7.72. The first-order valence-electron chi connectivity index (χ1n) is 7.72. The minimum absolute atomic E-state index is 0.0948. The molecule has 112 valence electrons. The van der Waals surface area contributed by atoms with Crippen LogP contribution in [-0.4, -0.2) is 12.1 Å². The van der Waals surface area contributed by atoms with Crippen molar-refractivity contribution in [2.75, 3.05) is 0 Å². The second kappa shape index (κ2) is 5.07. The van der Waals surface area contributed by atoms with Gasteiger partial charge in [0.05, 0.1) is 0 Å². The van der Waals surface area contributed by atoms with Gasteiger partial charge >= 0.3 is 0 Å². The average molecular weight is 275 g/mol. The van der Waals surface area contributed by atoms with E-state index in [0.29, 0.717) is 0 Å². The highest BCUT2D eigenvalue weighted by molar-refractivity contribution is 5.41. The lowest BCUT2D eigenvalue weighted by Crippen LogP contribution is -2.61. The fraction of sp³-hybridized carbons (Fsp3) is 0.667. The molecule has 3 unspecified atom stereocenters. The van der Waals surface area contributed by atoms with E-state index < -0.39 is 0 Å². The Morgan fingerprint density at radius 3 is 2.50 bits per heavy atom. The van der Waals surface area contributed by atoms with Crippen molar-refractivity contribution < 1.29 is 4.74 Å². The van der Waals surface area contributed by atoms with Crippen LogP contribution in [0.15, 0.2) is 18.2 Å². The summed E-state index contributed by atoms with van der Waals surface area (Å²) in [6.07, 6.45) is 2.27. The molecule has 2 N–H and O–H groups in total. The highest BCUT2D eigenvalue weighted by atomic mass is 16.5. The number of nitrogens with two attached hydrogens (primary N) is 1. The Morgan fingerprint density at radius 1 is 1.35 bits per heavy atom. The standard InChI is InChI=1S/C18H29NO/c1-7-18(6)15(19)11-16(18)20-14-10-12(2)8-9-13(14)17(3,4)5/h8-10,15-16H,7,11,19H2,1-6H3. The molecule has 1 fully saturated rings. The molecule has 0 aromatic heterocycles. The molecule has 0 heterocycles. The molecule has 2 heteroatoms. The molecule has 2 rings (SSSR count). The van der Waals surface area contributed by atoms with Crippen LogP contribution < -0.4 is 10.5 Å². The van der Waals surface area contributed by atoms with Gasteiger partial charge in [-0.2, -0.15) is 0 Å². The zero-order chi connectivity index (χ0) is 15.1. The summed E-state index contributed by atoms with van der Waals surface area (Å²) in [7, 11) is 0. The van der Waals surface area contributed by atoms with Gasteiger partial charge < -0.3 is 10.5 Å². The van der Waals surface area contributed by atoms with Crippen molar-refractivity contribution in [3.63, 3.8) is 0 Å². The maximum Gasteiger partial charge on any atom is 0.123 e. The van der Waals surface area contributed by atoms with Gasteiger partial charge in [-0.1, -0.05) is 46.8 Å². The summed E-state index contributed by atoms with van der Waals surface area (Å²) >= 11 is 0. The Hall–Kier alpha value is -1.02. The van der Waals surface area contributed by atoms with E-state index in [2.05, 4.69) is 59.7 Å². The van der Waals surface area contributed by atoms with Crippen molar-refractivity contribution in [1.29, 1.82) is 0 Å². The summed E-state index contributed by atoms with van der Waals surface area (Å²) in [5.41, 5.74) is 8.91. The van der Waals surface area contributed by atoms with E-state index in [0.717, 1.165) is 18.6 Å². The van der Waals surface area contributed by atoms with Gasteiger partial charge in [0, 0.05) is 17.9 Å². The summed E-state index contributed by atoms with van der Waals surface area (Å²) in [5, 5.41) is 0. The molecule has 0 aliphatic heterocycles. The molecule has 0 saturated heterocycles. The molecule has 1 aliphatic carbocycles. The van der Waals surface area contributed by atoms with Crippen LogP contribution >= 0.6 is 0 Å². The van der Waals surface area contributed by atoms with Gasteiger partial charge in [-0.15, -0.1) is 0 Å². The third-order valence-corrected chi connectivity index (χ3v) is 5.03. The maximum absolute atomic E-state index is 6.39. The lowest BCUT2D eigenvalue weighted by Gasteiger charge is -2.51. The SMILES string of the molecule is CCC1(C)C(N)CC1Oc1cc(C)ccc1C(C)(C)C. The van der Waals surface area contributed by atoms with Crippen LogP contribution in [0.4, 0.5) is 0 Å². The highest BCUT2D eigenvalue weighted by Crippen LogP contribution is 2.46. The summed E-state index contributed by atoms with van der Waals surface area (Å²) in [4.78, 5) is 0. The third-order valence-electron chi connectivity index (χ3n) is 5.03.